The largest absolute Gasteiger partial charge is 0.316 e. The number of nitrogens with one attached hydrogen (secondary N) is 1. The minimum atomic E-state index is 0.529. The quantitative estimate of drug-likeness (QED) is 0.682. The molecule has 2 nitrogen and oxygen atoms in total. The second-order valence-electron chi connectivity index (χ2n) is 4.49. The smallest absolute Gasteiger partial charge is 0.0259 e. The molecule has 0 aromatic heterocycles. The highest BCUT2D eigenvalue weighted by atomic mass is 32.2. The van der Waals surface area contributed by atoms with Crippen molar-refractivity contribution in [2.24, 2.45) is 0 Å². The molecule has 0 amide bonds. The van der Waals surface area contributed by atoms with E-state index in [2.05, 4.69) is 42.9 Å². The number of hydrogen-bond donors (Lipinski definition) is 1. The second-order valence-corrected chi connectivity index (χ2v) is 6.18. The molecule has 1 saturated heterocycles. The number of nitrogens with zero attached hydrogens (tertiary/aromatic N) is 1. The molecule has 0 radical (unpaired) electrons. The molecule has 0 aliphatic carbocycles. The fraction of sp³-hybridized carbons (Fsp3) is 1.00. The van der Waals surface area contributed by atoms with Gasteiger partial charge in [-0.05, 0) is 39.1 Å². The van der Waals surface area contributed by atoms with Gasteiger partial charge in [-0.25, -0.2) is 0 Å². The van der Waals surface area contributed by atoms with Crippen molar-refractivity contribution >= 4 is 11.8 Å². The summed E-state index contributed by atoms with van der Waals surface area (Å²) >= 11 is 2.15. The van der Waals surface area contributed by atoms with Gasteiger partial charge in [-0.1, -0.05) is 6.92 Å². The molecule has 0 bridgehead atoms. The monoisotopic (exact) mass is 216 g/mol. The zero-order valence-electron chi connectivity index (χ0n) is 9.81. The Morgan fingerprint density at radius 3 is 2.86 bits per heavy atom. The highest BCUT2D eigenvalue weighted by molar-refractivity contribution is 8.00. The normalized spacial score (nSPS) is 27.4. The Labute approximate surface area is 92.8 Å². The molecule has 3 heteroatoms. The van der Waals surface area contributed by atoms with Crippen LogP contribution in [0.25, 0.3) is 0 Å². The molecule has 1 aliphatic rings. The van der Waals surface area contributed by atoms with Gasteiger partial charge in [0.15, 0.2) is 0 Å². The van der Waals surface area contributed by atoms with Crippen LogP contribution in [0.4, 0.5) is 0 Å². The van der Waals surface area contributed by atoms with Crippen molar-refractivity contribution in [3.63, 3.8) is 0 Å². The van der Waals surface area contributed by atoms with Crippen LogP contribution >= 0.6 is 11.8 Å². The lowest BCUT2D eigenvalue weighted by Gasteiger charge is -2.29. The van der Waals surface area contributed by atoms with Gasteiger partial charge in [-0.3, -0.25) is 0 Å². The molecule has 84 valence electrons. The first kappa shape index (κ1) is 12.3. The molecule has 14 heavy (non-hydrogen) atoms. The lowest BCUT2D eigenvalue weighted by molar-refractivity contribution is 0.299. The van der Waals surface area contributed by atoms with E-state index in [0.29, 0.717) is 4.75 Å². The Kier molecular flexibility index (Phi) is 5.28. The van der Waals surface area contributed by atoms with E-state index < -0.39 is 0 Å². The van der Waals surface area contributed by atoms with Crippen LogP contribution in [0.3, 0.4) is 0 Å². The van der Waals surface area contributed by atoms with Crippen molar-refractivity contribution in [3.05, 3.63) is 0 Å². The Morgan fingerprint density at radius 2 is 2.29 bits per heavy atom. The molecule has 1 unspecified atom stereocenters. The summed E-state index contributed by atoms with van der Waals surface area (Å²) < 4.78 is 0.529. The topological polar surface area (TPSA) is 15.3 Å². The summed E-state index contributed by atoms with van der Waals surface area (Å²) in [6, 6.07) is 0. The molecule has 0 aromatic rings. The molecular weight excluding hydrogens is 192 g/mol. The van der Waals surface area contributed by atoms with Gasteiger partial charge >= 0.3 is 0 Å². The number of likely N-dealkylation sites (N-methyl/N-ethyl adjacent to an activating group) is 2. The summed E-state index contributed by atoms with van der Waals surface area (Å²) in [6.45, 7) is 9.18. The fourth-order valence-electron chi connectivity index (χ4n) is 2.06. The van der Waals surface area contributed by atoms with Crippen molar-refractivity contribution in [2.45, 2.75) is 31.4 Å². The summed E-state index contributed by atoms with van der Waals surface area (Å²) in [5.41, 5.74) is 0. The SMILES string of the molecule is CCNCCN(C)CC1(C)CCCS1. The maximum Gasteiger partial charge on any atom is 0.0259 e. The zero-order valence-corrected chi connectivity index (χ0v) is 10.6. The van der Waals surface area contributed by atoms with Crippen molar-refractivity contribution in [2.75, 3.05) is 39.0 Å². The van der Waals surface area contributed by atoms with Gasteiger partial charge in [0.25, 0.3) is 0 Å². The van der Waals surface area contributed by atoms with Gasteiger partial charge in [0.1, 0.15) is 0 Å². The highest BCUT2D eigenvalue weighted by Crippen LogP contribution is 2.37. The van der Waals surface area contributed by atoms with E-state index in [1.54, 1.807) is 0 Å². The Balaban J connectivity index is 2.15. The van der Waals surface area contributed by atoms with Crippen LogP contribution in [-0.2, 0) is 0 Å². The van der Waals surface area contributed by atoms with Crippen LogP contribution in [-0.4, -0.2) is 48.6 Å². The minimum absolute atomic E-state index is 0.529. The molecule has 1 atom stereocenters. The third kappa shape index (κ3) is 4.20. The molecule has 0 aromatic carbocycles. The van der Waals surface area contributed by atoms with Gasteiger partial charge in [0, 0.05) is 24.4 Å². The van der Waals surface area contributed by atoms with Gasteiger partial charge in [-0.15, -0.1) is 0 Å². The molecule has 1 heterocycles. The van der Waals surface area contributed by atoms with E-state index in [1.807, 2.05) is 0 Å². The summed E-state index contributed by atoms with van der Waals surface area (Å²) in [7, 11) is 2.24. The maximum absolute atomic E-state index is 3.37. The summed E-state index contributed by atoms with van der Waals surface area (Å²) in [4.78, 5) is 2.46. The van der Waals surface area contributed by atoms with Gasteiger partial charge in [0.2, 0.25) is 0 Å². The van der Waals surface area contributed by atoms with Gasteiger partial charge < -0.3 is 10.2 Å². The molecule has 1 N–H and O–H groups in total. The highest BCUT2D eigenvalue weighted by Gasteiger charge is 2.30. The predicted octanol–water partition coefficient (Wildman–Crippen LogP) is 1.81. The zero-order chi connectivity index (χ0) is 10.4. The van der Waals surface area contributed by atoms with Crippen molar-refractivity contribution in [1.29, 1.82) is 0 Å². The van der Waals surface area contributed by atoms with Gasteiger partial charge in [-0.2, -0.15) is 11.8 Å². The van der Waals surface area contributed by atoms with Crippen molar-refractivity contribution in [3.8, 4) is 0 Å². The van der Waals surface area contributed by atoms with E-state index in [0.717, 1.165) is 13.1 Å². The Bertz CT molecular complexity index is 155. The maximum atomic E-state index is 3.37. The van der Waals surface area contributed by atoms with Crippen LogP contribution in [0.15, 0.2) is 0 Å². The minimum Gasteiger partial charge on any atom is -0.316 e. The summed E-state index contributed by atoms with van der Waals surface area (Å²) in [5, 5.41) is 3.37. The van der Waals surface area contributed by atoms with E-state index in [-0.39, 0.29) is 0 Å². The molecule has 1 aliphatic heterocycles. The molecule has 0 saturated carbocycles. The lowest BCUT2D eigenvalue weighted by atomic mass is 10.1. The van der Waals surface area contributed by atoms with E-state index in [9.17, 15) is 0 Å². The van der Waals surface area contributed by atoms with E-state index in [4.69, 9.17) is 0 Å². The third-order valence-electron chi connectivity index (χ3n) is 2.83. The fourth-order valence-corrected chi connectivity index (χ4v) is 3.44. The van der Waals surface area contributed by atoms with Crippen LogP contribution in [0.5, 0.6) is 0 Å². The summed E-state index contributed by atoms with van der Waals surface area (Å²) in [5.74, 6) is 1.36. The van der Waals surface area contributed by atoms with Crippen LogP contribution in [0.1, 0.15) is 26.7 Å². The Morgan fingerprint density at radius 1 is 1.50 bits per heavy atom. The van der Waals surface area contributed by atoms with Crippen molar-refractivity contribution in [1.82, 2.24) is 10.2 Å². The van der Waals surface area contributed by atoms with Crippen LogP contribution in [0.2, 0.25) is 0 Å². The average molecular weight is 216 g/mol. The molecular formula is C11H24N2S. The van der Waals surface area contributed by atoms with E-state index >= 15 is 0 Å². The molecule has 0 spiro atoms. The summed E-state index contributed by atoms with van der Waals surface area (Å²) in [6.07, 6.45) is 2.80. The first-order valence-corrected chi connectivity index (χ1v) is 6.68. The first-order valence-electron chi connectivity index (χ1n) is 5.69. The molecule has 1 rings (SSSR count). The predicted molar refractivity (Wildman–Crippen MR) is 66.1 cm³/mol. The number of rotatable bonds is 6. The standard InChI is InChI=1S/C11H24N2S/c1-4-12-7-8-13(3)10-11(2)6-5-9-14-11/h12H,4-10H2,1-3H3. The van der Waals surface area contributed by atoms with Crippen LogP contribution in [0, 0.1) is 0 Å². The van der Waals surface area contributed by atoms with Gasteiger partial charge in [0.05, 0.1) is 0 Å². The second kappa shape index (κ2) is 5.99. The average Bonchev–Trinajstić information content (AvgIpc) is 2.52. The number of thioether (sulfide) groups is 1. The lowest BCUT2D eigenvalue weighted by Crippen LogP contribution is -2.38. The third-order valence-corrected chi connectivity index (χ3v) is 4.35. The molecule has 1 fully saturated rings. The van der Waals surface area contributed by atoms with Crippen molar-refractivity contribution < 1.29 is 0 Å². The first-order chi connectivity index (χ1) is 6.66. The van der Waals surface area contributed by atoms with Crippen LogP contribution < -0.4 is 5.32 Å². The Hall–Kier alpha value is 0.270. The van der Waals surface area contributed by atoms with E-state index in [1.165, 1.54) is 31.7 Å². The number of hydrogen-bond acceptors (Lipinski definition) is 3.